The van der Waals surface area contributed by atoms with Gasteiger partial charge in [-0.2, -0.15) is 0 Å². The fourth-order valence-electron chi connectivity index (χ4n) is 3.91. The molecule has 2 saturated carbocycles. The SMILES string of the molecule is CC(CC1CC1)N1CCNC2(CCCCC2)C1. The van der Waals surface area contributed by atoms with E-state index < -0.39 is 0 Å². The molecule has 3 aliphatic rings. The third-order valence-electron chi connectivity index (χ3n) is 5.21. The molecule has 1 spiro atoms. The van der Waals surface area contributed by atoms with Crippen LogP contribution in [-0.4, -0.2) is 36.1 Å². The second-order valence-electron chi connectivity index (χ2n) is 6.77. The van der Waals surface area contributed by atoms with Gasteiger partial charge in [-0.1, -0.05) is 32.1 Å². The van der Waals surface area contributed by atoms with Crippen molar-refractivity contribution in [3.05, 3.63) is 0 Å². The summed E-state index contributed by atoms with van der Waals surface area (Å²) < 4.78 is 0. The zero-order valence-electron chi connectivity index (χ0n) is 11.4. The number of nitrogens with zero attached hydrogens (tertiary/aromatic N) is 1. The highest BCUT2D eigenvalue weighted by Gasteiger charge is 2.38. The van der Waals surface area contributed by atoms with Crippen LogP contribution in [0.4, 0.5) is 0 Å². The number of hydrogen-bond donors (Lipinski definition) is 1. The first-order valence-corrected chi connectivity index (χ1v) is 7.77. The van der Waals surface area contributed by atoms with Crippen LogP contribution in [0, 0.1) is 5.92 Å². The van der Waals surface area contributed by atoms with E-state index in [1.165, 1.54) is 71.0 Å². The molecule has 1 unspecified atom stereocenters. The maximum absolute atomic E-state index is 3.85. The van der Waals surface area contributed by atoms with Crippen molar-refractivity contribution in [2.24, 2.45) is 5.92 Å². The predicted molar refractivity (Wildman–Crippen MR) is 72.2 cm³/mol. The van der Waals surface area contributed by atoms with Crippen LogP contribution >= 0.6 is 0 Å². The van der Waals surface area contributed by atoms with Crippen LogP contribution in [0.25, 0.3) is 0 Å². The Labute approximate surface area is 106 Å². The molecule has 17 heavy (non-hydrogen) atoms. The molecular formula is C15H28N2. The highest BCUT2D eigenvalue weighted by Crippen LogP contribution is 2.36. The van der Waals surface area contributed by atoms with Gasteiger partial charge < -0.3 is 5.32 Å². The van der Waals surface area contributed by atoms with Crippen LogP contribution in [0.1, 0.15) is 58.3 Å². The molecule has 1 aliphatic heterocycles. The van der Waals surface area contributed by atoms with E-state index in [1.807, 2.05) is 0 Å². The zero-order chi connectivity index (χ0) is 11.7. The zero-order valence-corrected chi connectivity index (χ0v) is 11.4. The maximum Gasteiger partial charge on any atom is 0.0309 e. The number of nitrogens with one attached hydrogen (secondary N) is 1. The third kappa shape index (κ3) is 2.85. The van der Waals surface area contributed by atoms with Gasteiger partial charge in [0.15, 0.2) is 0 Å². The van der Waals surface area contributed by atoms with Gasteiger partial charge in [-0.05, 0) is 32.1 Å². The van der Waals surface area contributed by atoms with Gasteiger partial charge in [0.05, 0.1) is 0 Å². The van der Waals surface area contributed by atoms with Crippen molar-refractivity contribution in [3.8, 4) is 0 Å². The molecule has 0 radical (unpaired) electrons. The quantitative estimate of drug-likeness (QED) is 0.810. The second kappa shape index (κ2) is 4.89. The van der Waals surface area contributed by atoms with Crippen molar-refractivity contribution in [3.63, 3.8) is 0 Å². The summed E-state index contributed by atoms with van der Waals surface area (Å²) in [6.45, 7) is 6.27. The molecular weight excluding hydrogens is 208 g/mol. The first kappa shape index (κ1) is 12.0. The van der Waals surface area contributed by atoms with Crippen LogP contribution < -0.4 is 5.32 Å². The third-order valence-corrected chi connectivity index (χ3v) is 5.21. The molecule has 1 N–H and O–H groups in total. The Bertz CT molecular complexity index is 248. The van der Waals surface area contributed by atoms with Gasteiger partial charge in [0, 0.05) is 31.2 Å². The largest absolute Gasteiger partial charge is 0.309 e. The highest BCUT2D eigenvalue weighted by molar-refractivity contribution is 4.98. The van der Waals surface area contributed by atoms with Crippen molar-refractivity contribution in [1.29, 1.82) is 0 Å². The van der Waals surface area contributed by atoms with E-state index in [-0.39, 0.29) is 0 Å². The number of rotatable bonds is 3. The van der Waals surface area contributed by atoms with Crippen LogP contribution in [0.2, 0.25) is 0 Å². The van der Waals surface area contributed by atoms with Crippen LogP contribution in [0.3, 0.4) is 0 Å². The van der Waals surface area contributed by atoms with Crippen LogP contribution in [0.5, 0.6) is 0 Å². The Morgan fingerprint density at radius 3 is 2.71 bits per heavy atom. The van der Waals surface area contributed by atoms with Crippen LogP contribution in [-0.2, 0) is 0 Å². The van der Waals surface area contributed by atoms with Crippen molar-refractivity contribution >= 4 is 0 Å². The van der Waals surface area contributed by atoms with Crippen LogP contribution in [0.15, 0.2) is 0 Å². The molecule has 1 saturated heterocycles. The molecule has 0 amide bonds. The molecule has 2 nitrogen and oxygen atoms in total. The van der Waals surface area contributed by atoms with E-state index in [0.717, 1.165) is 12.0 Å². The van der Waals surface area contributed by atoms with E-state index in [4.69, 9.17) is 0 Å². The van der Waals surface area contributed by atoms with Gasteiger partial charge in [0.2, 0.25) is 0 Å². The lowest BCUT2D eigenvalue weighted by atomic mass is 9.80. The molecule has 1 atom stereocenters. The van der Waals surface area contributed by atoms with Gasteiger partial charge in [-0.3, -0.25) is 4.90 Å². The molecule has 98 valence electrons. The Morgan fingerprint density at radius 2 is 2.00 bits per heavy atom. The van der Waals surface area contributed by atoms with Gasteiger partial charge >= 0.3 is 0 Å². The Balaban J connectivity index is 1.57. The minimum absolute atomic E-state index is 0.494. The second-order valence-corrected chi connectivity index (χ2v) is 6.77. The summed E-state index contributed by atoms with van der Waals surface area (Å²) in [5, 5.41) is 3.85. The Morgan fingerprint density at radius 1 is 1.24 bits per heavy atom. The van der Waals surface area contributed by atoms with E-state index in [0.29, 0.717) is 5.54 Å². The standard InChI is InChI=1S/C15H28N2/c1-13(11-14-5-6-14)17-10-9-16-15(12-17)7-3-2-4-8-15/h13-14,16H,2-12H2,1H3. The highest BCUT2D eigenvalue weighted by atomic mass is 15.2. The van der Waals surface area contributed by atoms with Gasteiger partial charge in [-0.15, -0.1) is 0 Å². The summed E-state index contributed by atoms with van der Waals surface area (Å²) in [5.41, 5.74) is 0.494. The summed E-state index contributed by atoms with van der Waals surface area (Å²) in [4.78, 5) is 2.78. The molecule has 0 bridgehead atoms. The van der Waals surface area contributed by atoms with Crippen molar-refractivity contribution in [2.75, 3.05) is 19.6 Å². The molecule has 2 aliphatic carbocycles. The van der Waals surface area contributed by atoms with E-state index in [9.17, 15) is 0 Å². The molecule has 0 aromatic heterocycles. The first-order valence-electron chi connectivity index (χ1n) is 7.77. The maximum atomic E-state index is 3.85. The van der Waals surface area contributed by atoms with Gasteiger partial charge in [0.1, 0.15) is 0 Å². The summed E-state index contributed by atoms with van der Waals surface area (Å²) in [6.07, 6.45) is 11.6. The number of piperazine rings is 1. The van der Waals surface area contributed by atoms with Crippen molar-refractivity contribution < 1.29 is 0 Å². The molecule has 2 heteroatoms. The van der Waals surface area contributed by atoms with Gasteiger partial charge in [-0.25, -0.2) is 0 Å². The normalized spacial score (nSPS) is 31.6. The Hall–Kier alpha value is -0.0800. The molecule has 0 aromatic rings. The monoisotopic (exact) mass is 236 g/mol. The summed E-state index contributed by atoms with van der Waals surface area (Å²) >= 11 is 0. The lowest BCUT2D eigenvalue weighted by Crippen LogP contribution is -2.62. The Kier molecular flexibility index (Phi) is 3.45. The average molecular weight is 236 g/mol. The van der Waals surface area contributed by atoms with Gasteiger partial charge in [0.25, 0.3) is 0 Å². The summed E-state index contributed by atoms with van der Waals surface area (Å²) in [5.74, 6) is 1.07. The lowest BCUT2D eigenvalue weighted by molar-refractivity contribution is 0.0686. The van der Waals surface area contributed by atoms with Crippen molar-refractivity contribution in [1.82, 2.24) is 10.2 Å². The summed E-state index contributed by atoms with van der Waals surface area (Å²) in [7, 11) is 0. The molecule has 3 rings (SSSR count). The topological polar surface area (TPSA) is 15.3 Å². The first-order chi connectivity index (χ1) is 8.27. The smallest absolute Gasteiger partial charge is 0.0309 e. The van der Waals surface area contributed by atoms with Crippen molar-refractivity contribution in [2.45, 2.75) is 69.9 Å². The summed E-state index contributed by atoms with van der Waals surface area (Å²) in [6, 6.07) is 0.823. The molecule has 1 heterocycles. The molecule has 0 aromatic carbocycles. The fraction of sp³-hybridized carbons (Fsp3) is 1.00. The minimum atomic E-state index is 0.494. The predicted octanol–water partition coefficient (Wildman–Crippen LogP) is 2.78. The fourth-order valence-corrected chi connectivity index (χ4v) is 3.91. The van der Waals surface area contributed by atoms with E-state index in [1.54, 1.807) is 0 Å². The minimum Gasteiger partial charge on any atom is -0.309 e. The average Bonchev–Trinajstić information content (AvgIpc) is 3.14. The lowest BCUT2D eigenvalue weighted by Gasteiger charge is -2.48. The number of hydrogen-bond acceptors (Lipinski definition) is 2. The van der Waals surface area contributed by atoms with E-state index in [2.05, 4.69) is 17.1 Å². The van der Waals surface area contributed by atoms with E-state index >= 15 is 0 Å². The molecule has 3 fully saturated rings.